The van der Waals surface area contributed by atoms with Crippen LogP contribution in [0.2, 0.25) is 0 Å². The van der Waals surface area contributed by atoms with E-state index in [4.69, 9.17) is 24.7 Å². The van der Waals surface area contributed by atoms with Crippen LogP contribution < -0.4 is 26.7 Å². The maximum atomic E-state index is 13.8. The zero-order valence-corrected chi connectivity index (χ0v) is 29.8. The summed E-state index contributed by atoms with van der Waals surface area (Å²) in [5, 5.41) is 36.9. The van der Waals surface area contributed by atoms with Crippen molar-refractivity contribution in [3.63, 3.8) is 0 Å². The van der Waals surface area contributed by atoms with Crippen molar-refractivity contribution in [2.75, 3.05) is 13.7 Å². The fourth-order valence-electron chi connectivity index (χ4n) is 6.70. The summed E-state index contributed by atoms with van der Waals surface area (Å²) in [6.07, 6.45) is -5.22. The van der Waals surface area contributed by atoms with E-state index in [1.165, 1.54) is 19.2 Å². The molecule has 17 nitrogen and oxygen atoms in total. The zero-order valence-electron chi connectivity index (χ0n) is 29.8. The fourth-order valence-corrected chi connectivity index (χ4v) is 6.70. The summed E-state index contributed by atoms with van der Waals surface area (Å²) < 4.78 is 22.5. The number of hydrazone groups is 1. The number of ether oxygens (including phenoxy) is 4. The van der Waals surface area contributed by atoms with Crippen LogP contribution in [0, 0.1) is 0 Å². The molecule has 0 aromatic heterocycles. The largest absolute Gasteiger partial charge is 0.496 e. The van der Waals surface area contributed by atoms with Gasteiger partial charge in [0.2, 0.25) is 11.8 Å². The van der Waals surface area contributed by atoms with Crippen LogP contribution in [-0.4, -0.2) is 100 Å². The number of aliphatic hydroxyl groups excluding tert-OH is 2. The van der Waals surface area contributed by atoms with Crippen LogP contribution in [0.4, 0.5) is 4.79 Å². The Morgan fingerprint density at radius 3 is 2.47 bits per heavy atom. The molecule has 1 heterocycles. The van der Waals surface area contributed by atoms with E-state index < -0.39 is 72.3 Å². The predicted molar refractivity (Wildman–Crippen MR) is 186 cm³/mol. The van der Waals surface area contributed by atoms with Crippen LogP contribution in [-0.2, 0) is 30.2 Å². The van der Waals surface area contributed by atoms with E-state index >= 15 is 0 Å². The van der Waals surface area contributed by atoms with Crippen LogP contribution in [0.5, 0.6) is 5.75 Å². The van der Waals surface area contributed by atoms with Crippen LogP contribution >= 0.6 is 0 Å². The molecular formula is C36H45N5O12. The lowest BCUT2D eigenvalue weighted by Crippen LogP contribution is -2.53. The van der Waals surface area contributed by atoms with Crippen molar-refractivity contribution in [1.29, 1.82) is 0 Å². The number of benzene rings is 2. The number of aliphatic hydroxyl groups is 3. The zero-order chi connectivity index (χ0) is 38.6. The minimum Gasteiger partial charge on any atom is -0.496 e. The van der Waals surface area contributed by atoms with Gasteiger partial charge in [-0.3, -0.25) is 24.6 Å². The average molecular weight is 740 g/mol. The SMILES string of the molecule is COc1cccc2c1C(=O)c1cc3c(cc1C2=O)C[C@@](O)(/C(CO)=N\NC(=O)CCCC(=O)NNC(=O)OC(C)C)C[C@@H]3O[C@H]1C[C@H](N)[C@H](O)[C@H](C)O1. The highest BCUT2D eigenvalue weighted by atomic mass is 16.7. The van der Waals surface area contributed by atoms with Crippen LogP contribution in [0.25, 0.3) is 0 Å². The molecule has 1 saturated heterocycles. The lowest BCUT2D eigenvalue weighted by molar-refractivity contribution is -0.245. The van der Waals surface area contributed by atoms with Crippen molar-refractivity contribution in [2.45, 2.75) is 102 Å². The number of fused-ring (bicyclic) bond motifs is 3. The molecule has 0 unspecified atom stereocenters. The lowest BCUT2D eigenvalue weighted by Gasteiger charge is -2.42. The highest BCUT2D eigenvalue weighted by Gasteiger charge is 2.46. The molecule has 2 aromatic rings. The quantitative estimate of drug-likeness (QED) is 0.106. The van der Waals surface area contributed by atoms with Crippen molar-refractivity contribution in [1.82, 2.24) is 16.3 Å². The molecule has 53 heavy (non-hydrogen) atoms. The molecule has 17 heteroatoms. The molecule has 1 fully saturated rings. The second-order valence-corrected chi connectivity index (χ2v) is 13.6. The summed E-state index contributed by atoms with van der Waals surface area (Å²) >= 11 is 0. The third-order valence-corrected chi connectivity index (χ3v) is 9.36. The van der Waals surface area contributed by atoms with Gasteiger partial charge in [0.05, 0.1) is 49.4 Å². The van der Waals surface area contributed by atoms with Crippen molar-refractivity contribution < 1.29 is 58.2 Å². The molecular weight excluding hydrogens is 694 g/mol. The number of rotatable bonds is 11. The van der Waals surface area contributed by atoms with Crippen LogP contribution in [0.1, 0.15) is 102 Å². The Labute approximate surface area is 305 Å². The van der Waals surface area contributed by atoms with Crippen molar-refractivity contribution >= 4 is 35.2 Å². The molecule has 2 aromatic carbocycles. The lowest BCUT2D eigenvalue weighted by atomic mass is 9.73. The summed E-state index contributed by atoms with van der Waals surface area (Å²) in [5.74, 6) is -1.78. The Hall–Kier alpha value is -4.78. The number of ketones is 2. The Balaban J connectivity index is 1.37. The van der Waals surface area contributed by atoms with E-state index in [2.05, 4.69) is 21.4 Å². The summed E-state index contributed by atoms with van der Waals surface area (Å²) in [7, 11) is 1.41. The number of carbonyl (C=O) groups excluding carboxylic acids is 5. The van der Waals surface area contributed by atoms with E-state index in [0.29, 0.717) is 11.1 Å². The molecule has 0 radical (unpaired) electrons. The highest BCUT2D eigenvalue weighted by Crippen LogP contribution is 2.44. The standard InChI is InChI=1S/C36H45N5O12/c1-17(2)51-35(48)41-40-29(44)10-6-9-28(43)39-38-27(16-42)36(49)14-19-11-22-23(34(47)31-20(33(22)46)7-5-8-25(31)50-4)12-21(19)26(15-36)53-30-13-24(37)32(45)18(3)52-30/h5,7-8,11-12,17-18,24,26,30,32,42,45,49H,6,9-10,13-16,37H2,1-4H3,(H,39,43)(H,40,44)(H,41,48)/b38-27-/t18-,24-,26-,30-,32+,36-/m0/s1. The molecule has 6 atom stereocenters. The first kappa shape index (κ1) is 39.4. The fraction of sp³-hybridized carbons (Fsp3) is 0.500. The predicted octanol–water partition coefficient (Wildman–Crippen LogP) is 0.829. The monoisotopic (exact) mass is 739 g/mol. The molecule has 5 rings (SSSR count). The highest BCUT2D eigenvalue weighted by molar-refractivity contribution is 6.29. The number of methoxy groups -OCH3 is 1. The second-order valence-electron chi connectivity index (χ2n) is 13.6. The molecule has 3 amide bonds. The van der Waals surface area contributed by atoms with E-state index in [-0.39, 0.29) is 78.3 Å². The smallest absolute Gasteiger partial charge is 0.426 e. The topological polar surface area (TPSA) is 257 Å². The van der Waals surface area contributed by atoms with Crippen LogP contribution in [0.15, 0.2) is 35.4 Å². The van der Waals surface area contributed by atoms with Gasteiger partial charge in [0, 0.05) is 54.8 Å². The summed E-state index contributed by atoms with van der Waals surface area (Å²) in [6, 6.07) is 7.14. The Morgan fingerprint density at radius 1 is 1.08 bits per heavy atom. The van der Waals surface area contributed by atoms with Gasteiger partial charge >= 0.3 is 6.09 Å². The third-order valence-electron chi connectivity index (χ3n) is 9.36. The summed E-state index contributed by atoms with van der Waals surface area (Å²) in [6.45, 7) is 4.16. The number of nitrogens with two attached hydrogens (primary N) is 1. The average Bonchev–Trinajstić information content (AvgIpc) is 3.11. The van der Waals surface area contributed by atoms with Gasteiger partial charge in [0.25, 0.3) is 0 Å². The number of nitrogens with zero attached hydrogens (tertiary/aromatic N) is 1. The molecule has 0 spiro atoms. The number of hydrogen-bond acceptors (Lipinski definition) is 14. The van der Waals surface area contributed by atoms with Gasteiger partial charge in [-0.25, -0.2) is 15.6 Å². The molecule has 0 saturated carbocycles. The number of hydrazine groups is 1. The van der Waals surface area contributed by atoms with E-state index in [1.807, 2.05) is 0 Å². The Bertz CT molecular complexity index is 1790. The number of carbonyl (C=O) groups is 5. The van der Waals surface area contributed by atoms with E-state index in [1.54, 1.807) is 39.0 Å². The first-order valence-corrected chi connectivity index (χ1v) is 17.3. The summed E-state index contributed by atoms with van der Waals surface area (Å²) in [4.78, 5) is 63.8. The maximum Gasteiger partial charge on any atom is 0.426 e. The Kier molecular flexibility index (Phi) is 12.3. The summed E-state index contributed by atoms with van der Waals surface area (Å²) in [5.41, 5.74) is 12.0. The molecule has 286 valence electrons. The molecule has 1 aliphatic heterocycles. The Morgan fingerprint density at radius 2 is 1.79 bits per heavy atom. The van der Waals surface area contributed by atoms with E-state index in [0.717, 1.165) is 0 Å². The first-order valence-electron chi connectivity index (χ1n) is 17.3. The first-order chi connectivity index (χ1) is 25.1. The normalized spacial score (nSPS) is 25.2. The van der Waals surface area contributed by atoms with Crippen molar-refractivity contribution in [2.24, 2.45) is 10.8 Å². The minimum atomic E-state index is -1.92. The van der Waals surface area contributed by atoms with Gasteiger partial charge in [0.1, 0.15) is 11.4 Å². The molecule has 2 aliphatic carbocycles. The molecule has 8 N–H and O–H groups in total. The minimum absolute atomic E-state index is 0.0830. The van der Waals surface area contributed by atoms with Gasteiger partial charge in [-0.05, 0) is 56.5 Å². The van der Waals surface area contributed by atoms with Crippen LogP contribution in [0.3, 0.4) is 0 Å². The van der Waals surface area contributed by atoms with Gasteiger partial charge in [-0.1, -0.05) is 12.1 Å². The molecule has 0 bridgehead atoms. The third kappa shape index (κ3) is 8.72. The number of amides is 3. The second kappa shape index (κ2) is 16.5. The number of nitrogens with one attached hydrogen (secondary N) is 3. The van der Waals surface area contributed by atoms with E-state index in [9.17, 15) is 39.3 Å². The molecule has 3 aliphatic rings. The number of hydrogen-bond donors (Lipinski definition) is 7. The van der Waals surface area contributed by atoms with Gasteiger partial charge < -0.3 is 40.0 Å². The maximum absolute atomic E-state index is 13.8. The van der Waals surface area contributed by atoms with Crippen molar-refractivity contribution in [3.05, 3.63) is 63.7 Å². The van der Waals surface area contributed by atoms with Gasteiger partial charge in [-0.2, -0.15) is 5.10 Å². The van der Waals surface area contributed by atoms with Gasteiger partial charge in [-0.15, -0.1) is 0 Å². The van der Waals surface area contributed by atoms with Gasteiger partial charge in [0.15, 0.2) is 17.9 Å². The van der Waals surface area contributed by atoms with Crippen molar-refractivity contribution in [3.8, 4) is 5.75 Å².